The molecule has 0 bridgehead atoms. The first-order valence-electron chi connectivity index (χ1n) is 11.3. The zero-order valence-electron chi connectivity index (χ0n) is 18.7. The van der Waals surface area contributed by atoms with Crippen molar-refractivity contribution in [2.45, 2.75) is 6.54 Å². The van der Waals surface area contributed by atoms with Gasteiger partial charge in [0.2, 0.25) is 0 Å². The fraction of sp³-hybridized carbons (Fsp3) is 0.0345. The molecule has 0 aliphatic carbocycles. The van der Waals surface area contributed by atoms with Crippen molar-refractivity contribution in [3.05, 3.63) is 126 Å². The fourth-order valence-electron chi connectivity index (χ4n) is 4.35. The van der Waals surface area contributed by atoms with Crippen LogP contribution in [-0.4, -0.2) is 26.8 Å². The number of benzene rings is 4. The monoisotopic (exact) mass is 456 g/mol. The van der Waals surface area contributed by atoms with Crippen LogP contribution in [0.2, 0.25) is 0 Å². The van der Waals surface area contributed by atoms with Crippen LogP contribution in [-0.2, 0) is 6.54 Å². The Labute approximate surface area is 202 Å². The molecule has 6 heteroatoms. The predicted octanol–water partition coefficient (Wildman–Crippen LogP) is 5.46. The van der Waals surface area contributed by atoms with Crippen LogP contribution in [0.4, 0.5) is 5.69 Å². The number of carbonyl (C=O) groups excluding carboxylic acids is 2. The zero-order chi connectivity index (χ0) is 23.8. The summed E-state index contributed by atoms with van der Waals surface area (Å²) in [4.78, 5) is 27.6. The lowest BCUT2D eigenvalue weighted by Gasteiger charge is -2.14. The van der Waals surface area contributed by atoms with Gasteiger partial charge in [-0.05, 0) is 41.0 Å². The molecule has 1 aromatic heterocycles. The lowest BCUT2D eigenvalue weighted by molar-refractivity contribution is 0.0926. The van der Waals surface area contributed by atoms with Crippen molar-refractivity contribution in [3.63, 3.8) is 0 Å². The van der Waals surface area contributed by atoms with Gasteiger partial charge in [-0.25, -0.2) is 9.58 Å². The number of fused-ring (bicyclic) bond motifs is 1. The fourth-order valence-corrected chi connectivity index (χ4v) is 4.35. The largest absolute Gasteiger partial charge is 0.268 e. The standard InChI is InChI=1S/C29H20N4O2/c34-28-25-16-13-23(27-19-32(31-30-27)18-20-7-3-1-4-8-20)17-26(25)29(35)33(28)24-14-11-22(12-15-24)21-9-5-2-6-10-21/h1-17,19H,18H2. The molecular formula is C29H20N4O2. The lowest BCUT2D eigenvalue weighted by atomic mass is 10.0. The molecule has 168 valence electrons. The first-order chi connectivity index (χ1) is 17.2. The van der Waals surface area contributed by atoms with E-state index in [1.165, 1.54) is 4.90 Å². The maximum absolute atomic E-state index is 13.3. The van der Waals surface area contributed by atoms with E-state index in [2.05, 4.69) is 10.3 Å². The molecule has 6 rings (SSSR count). The molecule has 4 aromatic carbocycles. The maximum Gasteiger partial charge on any atom is 0.266 e. The SMILES string of the molecule is O=C1c2ccc(-c3cn(Cc4ccccc4)nn3)cc2C(=O)N1c1ccc(-c2ccccc2)cc1. The van der Waals surface area contributed by atoms with Crippen LogP contribution in [0.25, 0.3) is 22.4 Å². The molecule has 0 spiro atoms. The number of rotatable bonds is 5. The van der Waals surface area contributed by atoms with E-state index in [9.17, 15) is 9.59 Å². The maximum atomic E-state index is 13.3. The van der Waals surface area contributed by atoms with Gasteiger partial charge in [-0.15, -0.1) is 5.10 Å². The van der Waals surface area contributed by atoms with Crippen LogP contribution in [0.5, 0.6) is 0 Å². The van der Waals surface area contributed by atoms with Gasteiger partial charge in [0.05, 0.1) is 29.6 Å². The Kier molecular flexibility index (Phi) is 5.04. The third-order valence-corrected chi connectivity index (χ3v) is 6.14. The van der Waals surface area contributed by atoms with Crippen LogP contribution in [0.15, 0.2) is 109 Å². The number of aromatic nitrogens is 3. The Bertz CT molecular complexity index is 1540. The van der Waals surface area contributed by atoms with Crippen molar-refractivity contribution in [2.75, 3.05) is 4.90 Å². The van der Waals surface area contributed by atoms with Crippen LogP contribution >= 0.6 is 0 Å². The third kappa shape index (κ3) is 3.81. The second-order valence-corrected chi connectivity index (χ2v) is 8.41. The van der Waals surface area contributed by atoms with Gasteiger partial charge in [0.25, 0.3) is 11.8 Å². The van der Waals surface area contributed by atoms with Gasteiger partial charge in [-0.1, -0.05) is 84.1 Å². The molecule has 0 atom stereocenters. The first-order valence-corrected chi connectivity index (χ1v) is 11.3. The Balaban J connectivity index is 1.26. The summed E-state index contributed by atoms with van der Waals surface area (Å²) in [5.74, 6) is -0.660. The Hall–Kier alpha value is -4.84. The van der Waals surface area contributed by atoms with Crippen molar-refractivity contribution in [1.29, 1.82) is 0 Å². The summed E-state index contributed by atoms with van der Waals surface area (Å²) in [6.45, 7) is 0.600. The molecule has 0 fully saturated rings. The molecule has 0 radical (unpaired) electrons. The van der Waals surface area contributed by atoms with E-state index < -0.39 is 0 Å². The molecule has 2 amide bonds. The average Bonchev–Trinajstić information content (AvgIpc) is 3.47. The highest BCUT2D eigenvalue weighted by Gasteiger charge is 2.37. The summed E-state index contributed by atoms with van der Waals surface area (Å²) >= 11 is 0. The molecule has 35 heavy (non-hydrogen) atoms. The zero-order valence-corrected chi connectivity index (χ0v) is 18.7. The van der Waals surface area contributed by atoms with Crippen molar-refractivity contribution in [2.24, 2.45) is 0 Å². The number of nitrogens with zero attached hydrogens (tertiary/aromatic N) is 4. The third-order valence-electron chi connectivity index (χ3n) is 6.14. The highest BCUT2D eigenvalue weighted by molar-refractivity contribution is 6.34. The van der Waals surface area contributed by atoms with Crippen LogP contribution < -0.4 is 4.90 Å². The summed E-state index contributed by atoms with van der Waals surface area (Å²) in [5, 5.41) is 8.49. The van der Waals surface area contributed by atoms with Gasteiger partial charge in [-0.2, -0.15) is 0 Å². The van der Waals surface area contributed by atoms with E-state index in [4.69, 9.17) is 0 Å². The van der Waals surface area contributed by atoms with Crippen molar-refractivity contribution >= 4 is 17.5 Å². The highest BCUT2D eigenvalue weighted by atomic mass is 16.2. The number of imide groups is 1. The van der Waals surface area contributed by atoms with Crippen molar-refractivity contribution in [3.8, 4) is 22.4 Å². The van der Waals surface area contributed by atoms with Crippen LogP contribution in [0, 0.1) is 0 Å². The molecule has 2 heterocycles. The topological polar surface area (TPSA) is 68.1 Å². The smallest absolute Gasteiger partial charge is 0.266 e. The van der Waals surface area contributed by atoms with Gasteiger partial charge >= 0.3 is 0 Å². The Morgan fingerprint density at radius 1 is 0.629 bits per heavy atom. The molecular weight excluding hydrogens is 436 g/mol. The number of hydrogen-bond acceptors (Lipinski definition) is 4. The second-order valence-electron chi connectivity index (χ2n) is 8.41. The van der Waals surface area contributed by atoms with Crippen molar-refractivity contribution in [1.82, 2.24) is 15.0 Å². The summed E-state index contributed by atoms with van der Waals surface area (Å²) in [7, 11) is 0. The van der Waals surface area contributed by atoms with Crippen molar-refractivity contribution < 1.29 is 9.59 Å². The Morgan fingerprint density at radius 2 is 1.26 bits per heavy atom. The van der Waals surface area contributed by atoms with E-state index >= 15 is 0 Å². The van der Waals surface area contributed by atoms with E-state index in [1.54, 1.807) is 28.9 Å². The summed E-state index contributed by atoms with van der Waals surface area (Å²) < 4.78 is 1.76. The number of anilines is 1. The normalized spacial score (nSPS) is 12.7. The summed E-state index contributed by atoms with van der Waals surface area (Å²) in [5.41, 5.74) is 5.91. The van der Waals surface area contributed by atoms with Gasteiger partial charge in [0.1, 0.15) is 5.69 Å². The minimum atomic E-state index is -0.337. The predicted molar refractivity (Wildman–Crippen MR) is 134 cm³/mol. The van der Waals surface area contributed by atoms with Gasteiger partial charge in [0.15, 0.2) is 0 Å². The minimum Gasteiger partial charge on any atom is -0.268 e. The quantitative estimate of drug-likeness (QED) is 0.329. The first kappa shape index (κ1) is 20.7. The molecule has 0 N–H and O–H groups in total. The van der Waals surface area contributed by atoms with E-state index in [0.717, 1.165) is 22.3 Å². The van der Waals surface area contributed by atoms with E-state index in [-0.39, 0.29) is 11.8 Å². The lowest BCUT2D eigenvalue weighted by Crippen LogP contribution is -2.29. The summed E-state index contributed by atoms with van der Waals surface area (Å²) in [6.07, 6.45) is 1.84. The molecule has 0 saturated carbocycles. The molecule has 1 aliphatic heterocycles. The molecule has 0 saturated heterocycles. The van der Waals surface area contributed by atoms with E-state index in [0.29, 0.717) is 29.1 Å². The highest BCUT2D eigenvalue weighted by Crippen LogP contribution is 2.32. The average molecular weight is 457 g/mol. The number of hydrogen-bond donors (Lipinski definition) is 0. The van der Waals surface area contributed by atoms with Gasteiger partial charge < -0.3 is 0 Å². The number of amides is 2. The summed E-state index contributed by atoms with van der Waals surface area (Å²) in [6, 6.07) is 32.6. The van der Waals surface area contributed by atoms with Crippen LogP contribution in [0.1, 0.15) is 26.3 Å². The molecule has 1 aliphatic rings. The van der Waals surface area contributed by atoms with Gasteiger partial charge in [-0.3, -0.25) is 9.59 Å². The van der Waals surface area contributed by atoms with Gasteiger partial charge in [0, 0.05) is 5.56 Å². The van der Waals surface area contributed by atoms with Crippen LogP contribution in [0.3, 0.4) is 0 Å². The second kappa shape index (κ2) is 8.50. The number of carbonyl (C=O) groups is 2. The van der Waals surface area contributed by atoms with E-state index in [1.807, 2.05) is 85.1 Å². The molecule has 0 unspecified atom stereocenters. The minimum absolute atomic E-state index is 0.322. The molecule has 5 aromatic rings. The molecule has 6 nitrogen and oxygen atoms in total. The Morgan fingerprint density at radius 3 is 2.00 bits per heavy atom.